The van der Waals surface area contributed by atoms with Crippen LogP contribution in [0.2, 0.25) is 0 Å². The van der Waals surface area contributed by atoms with Crippen molar-refractivity contribution in [2.75, 3.05) is 39.3 Å². The van der Waals surface area contributed by atoms with Crippen LogP contribution < -0.4 is 86.7 Å². The average Bonchev–Trinajstić information content (AvgIpc) is 1.63. The fourth-order valence-electron chi connectivity index (χ4n) is 19.6. The van der Waals surface area contributed by atoms with Gasteiger partial charge < -0.3 is 126 Å². The molecular weight excluding hydrogens is 1810 g/mol. The van der Waals surface area contributed by atoms with Gasteiger partial charge >= 0.3 is 0 Å². The van der Waals surface area contributed by atoms with Gasteiger partial charge in [-0.1, -0.05) is 125 Å². The highest BCUT2D eigenvalue weighted by atomic mass is 16.2. The summed E-state index contributed by atoms with van der Waals surface area (Å²) in [6, 6.07) is 20.0. The van der Waals surface area contributed by atoms with Crippen LogP contribution in [0.4, 0.5) is 0 Å². The number of guanidine groups is 2. The van der Waals surface area contributed by atoms with Crippen molar-refractivity contribution in [3.8, 4) is 0 Å². The molecule has 0 unspecified atom stereocenters. The van der Waals surface area contributed by atoms with Gasteiger partial charge in [-0.25, -0.2) is 0 Å². The lowest BCUT2D eigenvalue weighted by molar-refractivity contribution is -0.143. The molecule has 14 amide bonds. The lowest BCUT2D eigenvalue weighted by atomic mass is 9.96. The summed E-state index contributed by atoms with van der Waals surface area (Å²) in [7, 11) is 0. The van der Waals surface area contributed by atoms with E-state index in [4.69, 9.17) is 33.8 Å². The number of benzene rings is 5. The third-order valence-corrected chi connectivity index (χ3v) is 27.2. The molecule has 3 saturated heterocycles. The molecule has 10 aromatic rings. The number of hydrogen-bond acceptors (Lipinski definition) is 17. The third kappa shape index (κ3) is 26.7. The molecule has 27 N–H and O–H groups in total. The number of nitrogens with two attached hydrogens (primary N) is 4. The van der Waals surface area contributed by atoms with Gasteiger partial charge in [-0.3, -0.25) is 77.9 Å². The Morgan fingerprint density at radius 3 is 0.965 bits per heavy atom. The molecule has 3 fully saturated rings. The van der Waals surface area contributed by atoms with Crippen molar-refractivity contribution in [3.05, 3.63) is 180 Å². The quantitative estimate of drug-likeness (QED) is 0.0147. The summed E-state index contributed by atoms with van der Waals surface area (Å²) in [6.07, 6.45) is 11.2. The normalized spacial score (nSPS) is 17.1. The molecule has 0 spiro atoms. The van der Waals surface area contributed by atoms with Gasteiger partial charge in [0.2, 0.25) is 82.7 Å². The number of H-pyrrole nitrogens is 5. The first-order valence-corrected chi connectivity index (χ1v) is 49.2. The van der Waals surface area contributed by atoms with Crippen LogP contribution in [0.25, 0.3) is 54.5 Å². The minimum absolute atomic E-state index is 0.0000846. The number of nitrogens with zero attached hydrogens (tertiary/aromatic N) is 3. The highest BCUT2D eigenvalue weighted by molar-refractivity contribution is 6.03. The van der Waals surface area contributed by atoms with E-state index in [9.17, 15) is 24.0 Å². The molecule has 8 heterocycles. The van der Waals surface area contributed by atoms with Crippen LogP contribution in [0, 0.1) is 22.7 Å². The first-order valence-electron chi connectivity index (χ1n) is 49.2. The van der Waals surface area contributed by atoms with Crippen LogP contribution in [0.3, 0.4) is 0 Å². The van der Waals surface area contributed by atoms with E-state index in [2.05, 4.69) is 88.7 Å². The van der Waals surface area contributed by atoms with Crippen LogP contribution in [0.5, 0.6) is 0 Å². The molecule has 40 heteroatoms. The maximum absolute atomic E-state index is 16.1. The van der Waals surface area contributed by atoms with Gasteiger partial charge in [-0.2, -0.15) is 0 Å². The molecule has 0 aliphatic carbocycles. The SMILES string of the molecule is CC[C@H](C)[C@H](NC(C)=O)C(=O)N[C@@H](CC(C)C)C(=O)N1CCC[C@H]1C(=O)N[C@@H](Cc1c[nH]c2ccccc12)C(=O)N[C@@H](CCCCN)C(=O)N[C@@H](Cc1c[nH]c2ccccc12)C(=O)N1CCC[C@H]1C(=O)N[C@@H](Cc1c[nH]c2ccccc12)C(=O)N[C@@H](Cc1c[nH]c2ccccc12)C(=O)N1CCC[C@H]1C(=O)N[C@@H](Cc1c[nH]c2ccccc12)C(=O)N[C@@H](CCCNC(=N)N)C(=O)N[C@@H](CCCNC(=N)N)C(N)=O. The van der Waals surface area contributed by atoms with Crippen LogP contribution >= 0.6 is 0 Å². The lowest BCUT2D eigenvalue weighted by Gasteiger charge is -2.32. The highest BCUT2D eigenvalue weighted by Crippen LogP contribution is 2.31. The number of rotatable bonds is 49. The van der Waals surface area contributed by atoms with Gasteiger partial charge in [0.15, 0.2) is 11.9 Å². The Morgan fingerprint density at radius 2 is 0.655 bits per heavy atom. The summed E-state index contributed by atoms with van der Waals surface area (Å²) in [5.41, 5.74) is 29.7. The van der Waals surface area contributed by atoms with Crippen LogP contribution in [-0.2, 0) is 99.2 Å². The molecule has 142 heavy (non-hydrogen) atoms. The zero-order valence-corrected chi connectivity index (χ0v) is 80.8. The number of carbonyl (C=O) groups excluding carboxylic acids is 14. The Balaban J connectivity index is 0.771. The van der Waals surface area contributed by atoms with Crippen molar-refractivity contribution >= 4 is 149 Å². The zero-order chi connectivity index (χ0) is 101. The van der Waals surface area contributed by atoms with Crippen LogP contribution in [-0.4, -0.2) is 252 Å². The summed E-state index contributed by atoms with van der Waals surface area (Å²) < 4.78 is 0. The van der Waals surface area contributed by atoms with E-state index in [-0.39, 0.29) is 153 Å². The van der Waals surface area contributed by atoms with Crippen LogP contribution in [0.15, 0.2) is 152 Å². The molecular formula is C102H134N26O14. The van der Waals surface area contributed by atoms with Gasteiger partial charge in [0.05, 0.1) is 0 Å². The summed E-state index contributed by atoms with van der Waals surface area (Å²) in [5.74, 6) is -10.9. The molecule has 13 rings (SSSR count). The number of hydrogen-bond donors (Lipinski definition) is 23. The van der Waals surface area contributed by atoms with E-state index in [1.165, 1.54) is 21.6 Å². The monoisotopic (exact) mass is 1950 g/mol. The third-order valence-electron chi connectivity index (χ3n) is 27.2. The van der Waals surface area contributed by atoms with Crippen molar-refractivity contribution in [2.45, 2.75) is 242 Å². The minimum atomic E-state index is -1.49. The van der Waals surface area contributed by atoms with E-state index in [1.54, 1.807) is 31.0 Å². The maximum Gasteiger partial charge on any atom is 0.246 e. The van der Waals surface area contributed by atoms with Gasteiger partial charge in [-0.15, -0.1) is 0 Å². The Hall–Kier alpha value is -15.1. The Kier molecular flexibility index (Phi) is 36.1. The molecule has 0 bridgehead atoms. The zero-order valence-electron chi connectivity index (χ0n) is 80.8. The highest BCUT2D eigenvalue weighted by Gasteiger charge is 2.46. The van der Waals surface area contributed by atoms with E-state index in [1.807, 2.05) is 149 Å². The molecule has 14 atom stereocenters. The van der Waals surface area contributed by atoms with Gasteiger partial charge in [0.1, 0.15) is 78.5 Å². The minimum Gasteiger partial charge on any atom is -0.370 e. The van der Waals surface area contributed by atoms with Gasteiger partial charge in [0, 0.05) is 157 Å². The standard InChI is InChI=1S/C102H134N26O14/c1-6-58(4)87(116-59(5)129)97(139)125-81(46-57(2)3)98(140)126-43-21-37-84(126)94(136)120-78(47-60-52-111-70-29-12-7-24-65(60)70)91(133)118-76(34-17-18-40-103)90(132)123-82(50-63-55-114-73-32-15-10-27-68(63)73)99(141)127-44-22-39-86(127)96(138)122-80(49-62-54-113-72-31-14-9-26-67(62)72)93(135)124-83(51-64-56-115-74-33-16-11-28-69(64)74)100(142)128-45-23-38-85(128)95(137)121-79(48-61-53-112-71-30-13-8-25-66(61)71)92(134)119-77(36-20-42-110-102(107)108)89(131)117-75(88(104)130)35-19-41-109-101(105)106/h7-16,24-33,52-58,75-87,111-115H,6,17-23,34-51,103H2,1-5H3,(H2,104,130)(H,116,129)(H,117,131)(H,118,133)(H,119,134)(H,120,136)(H,121,137)(H,122,138)(H,123,132)(H,124,135)(H,125,139)(H4,105,106,109)(H4,107,108,110)/t58-,75-,76-,77-,78-,79-,80-,81-,82-,83-,84-,85-,86-,87-/m0/s1. The second-order valence-corrected chi connectivity index (χ2v) is 37.8. The Bertz CT molecular complexity index is 6210. The van der Waals surface area contributed by atoms with Gasteiger partial charge in [0.25, 0.3) is 0 Å². The number of primary amides is 1. The summed E-state index contributed by atoms with van der Waals surface area (Å²) in [4.78, 5) is 230. The molecule has 3 aliphatic rings. The number of para-hydroxylation sites is 5. The fraction of sp³-hybridized carbons (Fsp3) is 0.451. The number of unbranched alkanes of at least 4 members (excludes halogenated alkanes) is 1. The number of nitrogens with one attached hydrogen (secondary N) is 19. The van der Waals surface area contributed by atoms with Crippen molar-refractivity contribution in [1.82, 2.24) is 103 Å². The van der Waals surface area contributed by atoms with Gasteiger partial charge in [-0.05, 0) is 166 Å². The summed E-state index contributed by atoms with van der Waals surface area (Å²) in [6.45, 7) is 9.51. The Morgan fingerprint density at radius 1 is 0.366 bits per heavy atom. The van der Waals surface area contributed by atoms with Crippen molar-refractivity contribution < 1.29 is 67.1 Å². The maximum atomic E-state index is 16.1. The van der Waals surface area contributed by atoms with E-state index >= 15 is 43.2 Å². The van der Waals surface area contributed by atoms with Crippen molar-refractivity contribution in [1.29, 1.82) is 10.8 Å². The number of fused-ring (bicyclic) bond motifs is 5. The number of aromatic nitrogens is 5. The lowest BCUT2D eigenvalue weighted by Crippen LogP contribution is -2.61. The largest absolute Gasteiger partial charge is 0.370 e. The number of aromatic amines is 5. The molecule has 5 aromatic heterocycles. The average molecular weight is 1950 g/mol. The van der Waals surface area contributed by atoms with E-state index in [0.717, 1.165) is 38.1 Å². The topological polar surface area (TPSA) is 624 Å². The molecule has 0 radical (unpaired) electrons. The van der Waals surface area contributed by atoms with E-state index in [0.29, 0.717) is 82.8 Å². The molecule has 0 saturated carbocycles. The first kappa shape index (κ1) is 104. The number of likely N-dealkylation sites (tertiary alicyclic amines) is 3. The smallest absolute Gasteiger partial charge is 0.246 e. The molecule has 5 aromatic carbocycles. The Labute approximate surface area is 822 Å². The van der Waals surface area contributed by atoms with Crippen LogP contribution in [0.1, 0.15) is 159 Å². The fourth-order valence-corrected chi connectivity index (χ4v) is 19.6. The number of amides is 14. The van der Waals surface area contributed by atoms with Crippen molar-refractivity contribution in [3.63, 3.8) is 0 Å². The predicted molar refractivity (Wildman–Crippen MR) is 539 cm³/mol. The van der Waals surface area contributed by atoms with E-state index < -0.39 is 161 Å². The summed E-state index contributed by atoms with van der Waals surface area (Å²) in [5, 5.41) is 53.4. The molecule has 756 valence electrons. The predicted octanol–water partition coefficient (Wildman–Crippen LogP) is 3.68. The van der Waals surface area contributed by atoms with Crippen molar-refractivity contribution in [2.24, 2.45) is 34.8 Å². The molecule has 3 aliphatic heterocycles. The second kappa shape index (κ2) is 49.1. The second-order valence-electron chi connectivity index (χ2n) is 37.8. The first-order chi connectivity index (χ1) is 68.3. The number of carbonyl (C=O) groups is 14. The molecule has 40 nitrogen and oxygen atoms in total. The summed E-state index contributed by atoms with van der Waals surface area (Å²) >= 11 is 0.